The highest BCUT2D eigenvalue weighted by Crippen LogP contribution is 2.34. The van der Waals surface area contributed by atoms with Crippen molar-refractivity contribution in [1.29, 1.82) is 0 Å². The molecule has 0 heterocycles. The monoisotopic (exact) mass is 340 g/mol. The molecule has 24 heavy (non-hydrogen) atoms. The summed E-state index contributed by atoms with van der Waals surface area (Å²) in [7, 11) is 1.37. The number of carbonyl (C=O) groups excluding carboxylic acids is 2. The minimum absolute atomic E-state index is 0.0793. The Morgan fingerprint density at radius 3 is 2.75 bits per heavy atom. The highest BCUT2D eigenvalue weighted by molar-refractivity contribution is 5.84. The molecule has 2 N–H and O–H groups in total. The topological polar surface area (TPSA) is 83.8 Å². The maximum atomic E-state index is 12.1. The van der Waals surface area contributed by atoms with Gasteiger partial charge in [0.1, 0.15) is 5.78 Å². The van der Waals surface area contributed by atoms with Crippen LogP contribution in [0.5, 0.6) is 0 Å². The molecule has 0 radical (unpaired) electrons. The van der Waals surface area contributed by atoms with E-state index in [1.54, 1.807) is 6.08 Å². The second-order valence-electron chi connectivity index (χ2n) is 6.69. The first kappa shape index (κ1) is 20.8. The summed E-state index contributed by atoms with van der Waals surface area (Å²) in [6.07, 6.45) is 8.90. The molecule has 4 atom stereocenters. The van der Waals surface area contributed by atoms with Gasteiger partial charge < -0.3 is 14.9 Å². The van der Waals surface area contributed by atoms with Crippen molar-refractivity contribution >= 4 is 11.8 Å². The van der Waals surface area contributed by atoms with E-state index in [0.29, 0.717) is 25.7 Å². The van der Waals surface area contributed by atoms with Gasteiger partial charge in [-0.05, 0) is 19.3 Å². The van der Waals surface area contributed by atoms with Crippen LogP contribution < -0.4 is 0 Å². The fraction of sp³-hybridized carbons (Fsp3) is 0.789. The van der Waals surface area contributed by atoms with Gasteiger partial charge in [-0.3, -0.25) is 9.59 Å². The van der Waals surface area contributed by atoms with Crippen LogP contribution in [0.15, 0.2) is 12.2 Å². The number of aliphatic hydroxyl groups excluding tert-OH is 2. The van der Waals surface area contributed by atoms with Crippen molar-refractivity contribution in [2.75, 3.05) is 7.11 Å². The molecule has 1 aliphatic carbocycles. The van der Waals surface area contributed by atoms with Crippen LogP contribution in [0.1, 0.15) is 64.7 Å². The number of Topliss-reactive ketones (excluding diaryl/α,β-unsaturated/α-hetero) is 1. The van der Waals surface area contributed by atoms with Gasteiger partial charge in [0.25, 0.3) is 0 Å². The molecule has 0 aromatic carbocycles. The predicted molar refractivity (Wildman–Crippen MR) is 92.4 cm³/mol. The standard InChI is InChI=1S/C19H32O5/c1-3-4-5-8-14(20)11-12-16-15(17(21)13-18(16)22)9-6-7-10-19(23)24-2/h11-12,14-16,18,20,22H,3-10,13H2,1-2H3/b12-11+/t14?,15-,16+,18+/m0/s1. The fourth-order valence-corrected chi connectivity index (χ4v) is 3.28. The van der Waals surface area contributed by atoms with Crippen molar-refractivity contribution in [3.05, 3.63) is 12.2 Å². The average molecular weight is 340 g/mol. The molecule has 1 rings (SSSR count). The van der Waals surface area contributed by atoms with Crippen molar-refractivity contribution in [3.63, 3.8) is 0 Å². The number of carbonyl (C=O) groups is 2. The lowest BCUT2D eigenvalue weighted by Gasteiger charge is -2.18. The molecule has 1 aliphatic rings. The number of aliphatic hydroxyl groups is 2. The molecule has 138 valence electrons. The second-order valence-corrected chi connectivity index (χ2v) is 6.69. The lowest BCUT2D eigenvalue weighted by Crippen LogP contribution is -2.19. The van der Waals surface area contributed by atoms with Gasteiger partial charge in [-0.2, -0.15) is 0 Å². The maximum absolute atomic E-state index is 12.1. The summed E-state index contributed by atoms with van der Waals surface area (Å²) in [5.74, 6) is -0.594. The molecule has 0 aromatic heterocycles. The van der Waals surface area contributed by atoms with E-state index >= 15 is 0 Å². The molecule has 0 spiro atoms. The van der Waals surface area contributed by atoms with Gasteiger partial charge in [-0.15, -0.1) is 0 Å². The van der Waals surface area contributed by atoms with Gasteiger partial charge in [0, 0.05) is 24.7 Å². The molecule has 0 saturated heterocycles. The Hall–Kier alpha value is -1.20. The molecule has 1 unspecified atom stereocenters. The predicted octanol–water partition coefficient (Wildman–Crippen LogP) is 2.78. The van der Waals surface area contributed by atoms with Crippen molar-refractivity contribution < 1.29 is 24.5 Å². The lowest BCUT2D eigenvalue weighted by atomic mass is 9.88. The fourth-order valence-electron chi connectivity index (χ4n) is 3.28. The van der Waals surface area contributed by atoms with E-state index < -0.39 is 12.2 Å². The Balaban J connectivity index is 2.46. The van der Waals surface area contributed by atoms with E-state index in [0.717, 1.165) is 25.7 Å². The van der Waals surface area contributed by atoms with Crippen molar-refractivity contribution in [2.24, 2.45) is 11.8 Å². The highest BCUT2D eigenvalue weighted by Gasteiger charge is 2.39. The van der Waals surface area contributed by atoms with Crippen molar-refractivity contribution in [3.8, 4) is 0 Å². The lowest BCUT2D eigenvalue weighted by molar-refractivity contribution is -0.140. The molecular weight excluding hydrogens is 308 g/mol. The van der Waals surface area contributed by atoms with Gasteiger partial charge in [-0.25, -0.2) is 0 Å². The molecule has 5 nitrogen and oxygen atoms in total. The van der Waals surface area contributed by atoms with Crippen LogP contribution >= 0.6 is 0 Å². The number of hydrogen-bond acceptors (Lipinski definition) is 5. The molecule has 0 aromatic rings. The Morgan fingerprint density at radius 2 is 2.08 bits per heavy atom. The zero-order chi connectivity index (χ0) is 17.9. The van der Waals surface area contributed by atoms with Gasteiger partial charge in [0.2, 0.25) is 0 Å². The number of rotatable bonds is 11. The summed E-state index contributed by atoms with van der Waals surface area (Å²) in [6.45, 7) is 2.12. The number of esters is 1. The third-order valence-electron chi connectivity index (χ3n) is 4.77. The number of unbranched alkanes of at least 4 members (excludes halogenated alkanes) is 3. The molecule has 0 aliphatic heterocycles. The van der Waals surface area contributed by atoms with E-state index in [4.69, 9.17) is 0 Å². The Bertz CT molecular complexity index is 418. The van der Waals surface area contributed by atoms with E-state index in [-0.39, 0.29) is 30.0 Å². The van der Waals surface area contributed by atoms with Gasteiger partial charge in [0.05, 0.1) is 19.3 Å². The van der Waals surface area contributed by atoms with Crippen LogP contribution in [0.4, 0.5) is 0 Å². The minimum Gasteiger partial charge on any atom is -0.469 e. The van der Waals surface area contributed by atoms with Crippen LogP contribution in [-0.4, -0.2) is 41.3 Å². The molecule has 1 fully saturated rings. The molecule has 5 heteroatoms. The normalized spacial score (nSPS) is 25.3. The maximum Gasteiger partial charge on any atom is 0.305 e. The Labute approximate surface area is 145 Å². The van der Waals surface area contributed by atoms with Crippen LogP contribution in [-0.2, 0) is 14.3 Å². The van der Waals surface area contributed by atoms with Crippen molar-refractivity contribution in [2.45, 2.75) is 76.9 Å². The highest BCUT2D eigenvalue weighted by atomic mass is 16.5. The van der Waals surface area contributed by atoms with E-state index in [1.165, 1.54) is 7.11 Å². The molecular formula is C19H32O5. The van der Waals surface area contributed by atoms with E-state index in [9.17, 15) is 19.8 Å². The Kier molecular flexibility index (Phi) is 9.88. The summed E-state index contributed by atoms with van der Waals surface area (Å²) in [4.78, 5) is 23.2. The summed E-state index contributed by atoms with van der Waals surface area (Å²) >= 11 is 0. The third-order valence-corrected chi connectivity index (χ3v) is 4.77. The van der Waals surface area contributed by atoms with Crippen LogP contribution in [0, 0.1) is 11.8 Å². The first-order valence-corrected chi connectivity index (χ1v) is 9.13. The molecule has 1 saturated carbocycles. The summed E-state index contributed by atoms with van der Waals surface area (Å²) in [5.41, 5.74) is 0. The first-order valence-electron chi connectivity index (χ1n) is 9.13. The van der Waals surface area contributed by atoms with Gasteiger partial charge in [0.15, 0.2) is 0 Å². The summed E-state index contributed by atoms with van der Waals surface area (Å²) < 4.78 is 4.60. The zero-order valence-corrected chi connectivity index (χ0v) is 14.9. The average Bonchev–Trinajstić information content (AvgIpc) is 2.82. The largest absolute Gasteiger partial charge is 0.469 e. The van der Waals surface area contributed by atoms with E-state index in [2.05, 4.69) is 11.7 Å². The van der Waals surface area contributed by atoms with Crippen LogP contribution in [0.2, 0.25) is 0 Å². The minimum atomic E-state index is -0.665. The van der Waals surface area contributed by atoms with Gasteiger partial charge in [-0.1, -0.05) is 44.8 Å². The molecule has 0 amide bonds. The summed E-state index contributed by atoms with van der Waals surface area (Å²) in [6, 6.07) is 0. The quantitative estimate of drug-likeness (QED) is 0.343. The van der Waals surface area contributed by atoms with Crippen LogP contribution in [0.25, 0.3) is 0 Å². The van der Waals surface area contributed by atoms with E-state index in [1.807, 2.05) is 6.08 Å². The first-order chi connectivity index (χ1) is 11.5. The number of hydrogen-bond donors (Lipinski definition) is 2. The second kappa shape index (κ2) is 11.4. The number of methoxy groups -OCH3 is 1. The van der Waals surface area contributed by atoms with Crippen LogP contribution in [0.3, 0.4) is 0 Å². The zero-order valence-electron chi connectivity index (χ0n) is 14.9. The molecule has 0 bridgehead atoms. The summed E-state index contributed by atoms with van der Waals surface area (Å²) in [5, 5.41) is 20.1. The number of ether oxygens (including phenoxy) is 1. The number of ketones is 1. The Morgan fingerprint density at radius 1 is 1.33 bits per heavy atom. The third kappa shape index (κ3) is 7.14. The van der Waals surface area contributed by atoms with Gasteiger partial charge >= 0.3 is 5.97 Å². The smallest absolute Gasteiger partial charge is 0.305 e. The van der Waals surface area contributed by atoms with Crippen molar-refractivity contribution in [1.82, 2.24) is 0 Å². The SMILES string of the molecule is CCCCCC(O)/C=C/[C@H]1[C@H](O)CC(=O)[C@H]1CCCCC(=O)OC.